The third kappa shape index (κ3) is 3.78. The summed E-state index contributed by atoms with van der Waals surface area (Å²) in [6.07, 6.45) is 1.32. The third-order valence-electron chi connectivity index (χ3n) is 4.94. The minimum Gasteiger partial charge on any atom is -0.497 e. The van der Waals surface area contributed by atoms with E-state index in [4.69, 9.17) is 4.74 Å². The Kier molecular flexibility index (Phi) is 5.81. The van der Waals surface area contributed by atoms with Crippen LogP contribution in [0.4, 0.5) is 4.79 Å². The topological polar surface area (TPSA) is 98.6 Å². The number of rotatable bonds is 6. The van der Waals surface area contributed by atoms with Crippen molar-refractivity contribution in [3.8, 4) is 5.75 Å². The van der Waals surface area contributed by atoms with E-state index in [9.17, 15) is 9.59 Å². The zero-order valence-corrected chi connectivity index (χ0v) is 16.6. The number of guanidine groups is 1. The molecule has 0 saturated carbocycles. The molecule has 2 aliphatic heterocycles. The molecule has 2 unspecified atom stereocenters. The highest BCUT2D eigenvalue weighted by molar-refractivity contribution is 6.04. The summed E-state index contributed by atoms with van der Waals surface area (Å²) < 4.78 is 5.17. The molecule has 150 valence electrons. The van der Waals surface area contributed by atoms with Gasteiger partial charge in [0, 0.05) is 13.6 Å². The van der Waals surface area contributed by atoms with E-state index in [0.717, 1.165) is 29.9 Å². The Bertz CT molecular complexity index is 804. The van der Waals surface area contributed by atoms with Crippen molar-refractivity contribution in [2.75, 3.05) is 20.7 Å². The highest BCUT2D eigenvalue weighted by atomic mass is 16.5. The summed E-state index contributed by atoms with van der Waals surface area (Å²) in [5, 5.41) is 6.82. The predicted molar refractivity (Wildman–Crippen MR) is 106 cm³/mol. The number of imide groups is 1. The molecule has 2 N–H and O–H groups in total. The van der Waals surface area contributed by atoms with Gasteiger partial charge in [-0.3, -0.25) is 10.1 Å². The van der Waals surface area contributed by atoms with E-state index in [0.29, 0.717) is 12.5 Å². The number of hydrogen-bond acceptors (Lipinski definition) is 7. The number of nitrogens with one attached hydrogen (secondary N) is 2. The smallest absolute Gasteiger partial charge is 0.325 e. The minimum absolute atomic E-state index is 0.333. The SMILES string of the molecule is CCCCN1C(N/N=C(/C)c2ccc(OC)cc2)=NC2C1C(=O)NC(=O)N2C. The first-order valence-corrected chi connectivity index (χ1v) is 9.33. The maximum Gasteiger partial charge on any atom is 0.325 e. The number of unbranched alkanes of at least 4 members (excludes halogenated alkanes) is 1. The Balaban J connectivity index is 1.81. The molecule has 2 atom stereocenters. The molecule has 1 saturated heterocycles. The van der Waals surface area contributed by atoms with Gasteiger partial charge in [0.15, 0.2) is 12.2 Å². The van der Waals surface area contributed by atoms with Crippen LogP contribution in [-0.2, 0) is 4.79 Å². The Morgan fingerprint density at radius 2 is 2.04 bits per heavy atom. The monoisotopic (exact) mass is 386 g/mol. The van der Waals surface area contributed by atoms with Gasteiger partial charge < -0.3 is 14.5 Å². The van der Waals surface area contributed by atoms with Gasteiger partial charge in [-0.15, -0.1) is 0 Å². The summed E-state index contributed by atoms with van der Waals surface area (Å²) >= 11 is 0. The van der Waals surface area contributed by atoms with Crippen LogP contribution in [0.5, 0.6) is 5.75 Å². The average Bonchev–Trinajstić information content (AvgIpc) is 3.07. The number of fused-ring (bicyclic) bond motifs is 1. The van der Waals surface area contributed by atoms with Crippen LogP contribution in [0.2, 0.25) is 0 Å². The second-order valence-electron chi connectivity index (χ2n) is 6.80. The number of nitrogens with zero attached hydrogens (tertiary/aromatic N) is 4. The van der Waals surface area contributed by atoms with Crippen molar-refractivity contribution in [3.63, 3.8) is 0 Å². The second-order valence-corrected chi connectivity index (χ2v) is 6.80. The van der Waals surface area contributed by atoms with Gasteiger partial charge >= 0.3 is 6.03 Å². The molecule has 0 spiro atoms. The minimum atomic E-state index is -0.558. The quantitative estimate of drug-likeness (QED) is 0.568. The lowest BCUT2D eigenvalue weighted by molar-refractivity contribution is -0.127. The van der Waals surface area contributed by atoms with Crippen molar-refractivity contribution >= 4 is 23.6 Å². The van der Waals surface area contributed by atoms with Crippen LogP contribution in [0.25, 0.3) is 0 Å². The number of aliphatic imine (C=N–C) groups is 1. The first kappa shape index (κ1) is 19.7. The lowest BCUT2D eigenvalue weighted by Gasteiger charge is -2.36. The fourth-order valence-electron chi connectivity index (χ4n) is 3.22. The van der Waals surface area contributed by atoms with Gasteiger partial charge in [-0.25, -0.2) is 15.2 Å². The number of urea groups is 1. The standard InChI is InChI=1S/C19H26N6O3/c1-5-6-11-25-15-16(24(3)19(27)21-17(15)26)20-18(25)23-22-12(2)13-7-9-14(28-4)10-8-13/h7-10,15-16H,5-6,11H2,1-4H3,(H,20,23)(H,21,26,27)/b22-12-. The van der Waals surface area contributed by atoms with Crippen LogP contribution < -0.4 is 15.5 Å². The van der Waals surface area contributed by atoms with E-state index in [1.165, 1.54) is 4.90 Å². The van der Waals surface area contributed by atoms with Gasteiger partial charge in [0.05, 0.1) is 12.8 Å². The molecular weight excluding hydrogens is 360 g/mol. The van der Waals surface area contributed by atoms with Crippen molar-refractivity contribution in [1.82, 2.24) is 20.5 Å². The molecule has 1 aromatic rings. The Labute approximate surface area is 164 Å². The first-order chi connectivity index (χ1) is 13.5. The summed E-state index contributed by atoms with van der Waals surface area (Å²) in [5.41, 5.74) is 4.70. The van der Waals surface area contributed by atoms with E-state index < -0.39 is 18.2 Å². The van der Waals surface area contributed by atoms with Gasteiger partial charge in [-0.2, -0.15) is 5.10 Å². The van der Waals surface area contributed by atoms with E-state index >= 15 is 0 Å². The van der Waals surface area contributed by atoms with E-state index in [-0.39, 0.29) is 5.91 Å². The average molecular weight is 386 g/mol. The van der Waals surface area contributed by atoms with Gasteiger partial charge in [-0.1, -0.05) is 13.3 Å². The Morgan fingerprint density at radius 3 is 2.68 bits per heavy atom. The third-order valence-corrected chi connectivity index (χ3v) is 4.94. The number of amides is 3. The number of carbonyl (C=O) groups is 2. The molecule has 0 aromatic heterocycles. The maximum absolute atomic E-state index is 12.4. The van der Waals surface area contributed by atoms with Gasteiger partial charge in [0.2, 0.25) is 5.96 Å². The van der Waals surface area contributed by atoms with E-state index in [1.54, 1.807) is 14.2 Å². The molecule has 28 heavy (non-hydrogen) atoms. The van der Waals surface area contributed by atoms with Crippen LogP contribution in [0, 0.1) is 0 Å². The molecule has 1 aromatic carbocycles. The van der Waals surface area contributed by atoms with Crippen LogP contribution in [0.1, 0.15) is 32.3 Å². The molecule has 0 radical (unpaired) electrons. The molecule has 2 aliphatic rings. The maximum atomic E-state index is 12.4. The Hall–Kier alpha value is -3.10. The fourth-order valence-corrected chi connectivity index (χ4v) is 3.22. The van der Waals surface area contributed by atoms with Gasteiger partial charge in [0.1, 0.15) is 5.75 Å². The first-order valence-electron chi connectivity index (χ1n) is 9.33. The number of likely N-dealkylation sites (N-methyl/N-ethyl adjacent to an activating group) is 1. The van der Waals surface area contributed by atoms with Gasteiger partial charge in [-0.05, 0) is 43.2 Å². The number of carbonyl (C=O) groups excluding carboxylic acids is 2. The van der Waals surface area contributed by atoms with Crippen molar-refractivity contribution in [1.29, 1.82) is 0 Å². The van der Waals surface area contributed by atoms with Crippen LogP contribution >= 0.6 is 0 Å². The lowest BCUT2D eigenvalue weighted by atomic mass is 10.1. The Morgan fingerprint density at radius 1 is 1.32 bits per heavy atom. The molecule has 3 rings (SSSR count). The van der Waals surface area contributed by atoms with E-state index in [1.807, 2.05) is 36.1 Å². The molecule has 2 heterocycles. The van der Waals surface area contributed by atoms with Crippen LogP contribution in [-0.4, -0.2) is 66.3 Å². The highest BCUT2D eigenvalue weighted by Gasteiger charge is 2.48. The largest absolute Gasteiger partial charge is 0.497 e. The fraction of sp³-hybridized carbons (Fsp3) is 0.474. The zero-order valence-electron chi connectivity index (χ0n) is 16.6. The number of hydrazone groups is 1. The summed E-state index contributed by atoms with van der Waals surface area (Å²) in [6, 6.07) is 6.59. The molecule has 9 heteroatoms. The summed E-state index contributed by atoms with van der Waals surface area (Å²) in [6.45, 7) is 4.62. The van der Waals surface area contributed by atoms with Gasteiger partial charge in [0.25, 0.3) is 5.91 Å². The van der Waals surface area contributed by atoms with Crippen molar-refractivity contribution < 1.29 is 14.3 Å². The summed E-state index contributed by atoms with van der Waals surface area (Å²) in [4.78, 5) is 32.2. The van der Waals surface area contributed by atoms with E-state index in [2.05, 4.69) is 27.8 Å². The number of hydrogen-bond donors (Lipinski definition) is 2. The predicted octanol–water partition coefficient (Wildman–Crippen LogP) is 1.36. The second kappa shape index (κ2) is 8.28. The van der Waals surface area contributed by atoms with Crippen molar-refractivity contribution in [3.05, 3.63) is 29.8 Å². The molecule has 1 fully saturated rings. The highest BCUT2D eigenvalue weighted by Crippen LogP contribution is 2.23. The van der Waals surface area contributed by atoms with Crippen molar-refractivity contribution in [2.24, 2.45) is 10.1 Å². The molecule has 0 bridgehead atoms. The zero-order chi connectivity index (χ0) is 20.3. The number of methoxy groups -OCH3 is 1. The number of benzene rings is 1. The van der Waals surface area contributed by atoms with Crippen molar-refractivity contribution in [2.45, 2.75) is 38.9 Å². The van der Waals surface area contributed by atoms with Crippen LogP contribution in [0.3, 0.4) is 0 Å². The summed E-state index contributed by atoms with van der Waals surface area (Å²) in [7, 11) is 3.26. The lowest BCUT2D eigenvalue weighted by Crippen LogP contribution is -2.64. The number of ether oxygens (including phenoxy) is 1. The summed E-state index contributed by atoms with van der Waals surface area (Å²) in [5.74, 6) is 0.937. The molecular formula is C19H26N6O3. The molecule has 3 amide bonds. The van der Waals surface area contributed by atoms with Crippen LogP contribution in [0.15, 0.2) is 34.4 Å². The molecule has 9 nitrogen and oxygen atoms in total. The molecule has 0 aliphatic carbocycles. The normalized spacial score (nSPS) is 22.0.